The third kappa shape index (κ3) is 2.87. The fourth-order valence-electron chi connectivity index (χ4n) is 2.45. The molecule has 21 heavy (non-hydrogen) atoms. The second kappa shape index (κ2) is 5.61. The van der Waals surface area contributed by atoms with Crippen LogP contribution in [0.4, 0.5) is 5.82 Å². The summed E-state index contributed by atoms with van der Waals surface area (Å²) in [6, 6.07) is 1.90. The van der Waals surface area contributed by atoms with Gasteiger partial charge in [0.1, 0.15) is 5.82 Å². The van der Waals surface area contributed by atoms with Crippen LogP contribution in [-0.4, -0.2) is 34.4 Å². The van der Waals surface area contributed by atoms with Crippen LogP contribution in [0, 0.1) is 13.8 Å². The predicted octanol–water partition coefficient (Wildman–Crippen LogP) is 2.70. The van der Waals surface area contributed by atoms with Gasteiger partial charge in [-0.1, -0.05) is 11.6 Å². The average molecular weight is 309 g/mol. The van der Waals surface area contributed by atoms with Crippen LogP contribution in [0.25, 0.3) is 0 Å². The van der Waals surface area contributed by atoms with Crippen LogP contribution < -0.4 is 4.90 Å². The first-order chi connectivity index (χ1) is 10.0. The molecular weight excluding hydrogens is 292 g/mol. The molecule has 0 saturated carbocycles. The summed E-state index contributed by atoms with van der Waals surface area (Å²) in [5, 5.41) is 8.58. The Hall–Kier alpha value is -1.66. The highest BCUT2D eigenvalue weighted by atomic mass is 35.5. The zero-order chi connectivity index (χ0) is 15.0. The molecule has 0 radical (unpaired) electrons. The van der Waals surface area contributed by atoms with Crippen LogP contribution in [0.2, 0.25) is 5.02 Å². The van der Waals surface area contributed by atoms with Gasteiger partial charge in [0, 0.05) is 19.7 Å². The summed E-state index contributed by atoms with van der Waals surface area (Å²) in [5.41, 5.74) is 1.01. The third-order valence-electron chi connectivity index (χ3n) is 3.44. The molecule has 1 saturated heterocycles. The predicted molar refractivity (Wildman–Crippen MR) is 78.5 cm³/mol. The van der Waals surface area contributed by atoms with Gasteiger partial charge in [-0.25, -0.2) is 4.98 Å². The molecule has 0 unspecified atom stereocenters. The summed E-state index contributed by atoms with van der Waals surface area (Å²) in [4.78, 5) is 6.51. The van der Waals surface area contributed by atoms with Crippen molar-refractivity contribution in [1.82, 2.24) is 15.2 Å². The Morgan fingerprint density at radius 3 is 2.81 bits per heavy atom. The van der Waals surface area contributed by atoms with Gasteiger partial charge in [0.2, 0.25) is 11.8 Å². The van der Waals surface area contributed by atoms with Gasteiger partial charge in [-0.05, 0) is 25.5 Å². The highest BCUT2D eigenvalue weighted by Gasteiger charge is 2.31. The van der Waals surface area contributed by atoms with Crippen molar-refractivity contribution in [3.63, 3.8) is 0 Å². The Balaban J connectivity index is 1.88. The van der Waals surface area contributed by atoms with E-state index >= 15 is 0 Å². The number of ether oxygens (including phenoxy) is 1. The third-order valence-corrected chi connectivity index (χ3v) is 3.91. The fraction of sp³-hybridized carbons (Fsp3) is 0.500. The van der Waals surface area contributed by atoms with E-state index < -0.39 is 0 Å². The van der Waals surface area contributed by atoms with E-state index in [9.17, 15) is 0 Å². The lowest BCUT2D eigenvalue weighted by Gasteiger charge is -2.36. The smallest absolute Gasteiger partial charge is 0.247 e. The van der Waals surface area contributed by atoms with E-state index in [0.717, 1.165) is 17.9 Å². The van der Waals surface area contributed by atoms with E-state index in [1.165, 1.54) is 0 Å². The maximum atomic E-state index is 6.38. The fourth-order valence-corrected chi connectivity index (χ4v) is 2.68. The second-order valence-corrected chi connectivity index (χ2v) is 5.64. The van der Waals surface area contributed by atoms with Crippen molar-refractivity contribution in [3.05, 3.63) is 34.6 Å². The van der Waals surface area contributed by atoms with E-state index in [2.05, 4.69) is 20.1 Å². The van der Waals surface area contributed by atoms with Gasteiger partial charge in [-0.3, -0.25) is 0 Å². The maximum Gasteiger partial charge on any atom is 0.247 e. The molecule has 1 aliphatic rings. The Labute approximate surface area is 128 Å². The number of morpholine rings is 1. The van der Waals surface area contributed by atoms with Crippen molar-refractivity contribution in [2.24, 2.45) is 0 Å². The molecule has 7 heteroatoms. The molecule has 0 bridgehead atoms. The van der Waals surface area contributed by atoms with Gasteiger partial charge in [-0.15, -0.1) is 10.2 Å². The van der Waals surface area contributed by atoms with Crippen LogP contribution in [-0.2, 0) is 4.74 Å². The Morgan fingerprint density at radius 2 is 2.10 bits per heavy atom. The second-order valence-electron chi connectivity index (χ2n) is 5.27. The monoisotopic (exact) mass is 308 g/mol. The summed E-state index contributed by atoms with van der Waals surface area (Å²) >= 11 is 6.38. The van der Waals surface area contributed by atoms with E-state index in [-0.39, 0.29) is 12.2 Å². The molecule has 0 aliphatic carbocycles. The van der Waals surface area contributed by atoms with Crippen molar-refractivity contribution >= 4 is 17.4 Å². The van der Waals surface area contributed by atoms with E-state index in [1.54, 1.807) is 13.1 Å². The number of rotatable bonds is 2. The molecule has 2 aromatic rings. The number of pyridine rings is 1. The minimum Gasteiger partial charge on any atom is -0.423 e. The van der Waals surface area contributed by atoms with Crippen LogP contribution in [0.3, 0.4) is 0 Å². The summed E-state index contributed by atoms with van der Waals surface area (Å²) in [6.07, 6.45) is 1.52. The van der Waals surface area contributed by atoms with Crippen molar-refractivity contribution < 1.29 is 9.15 Å². The molecular formula is C14H17ClN4O2. The van der Waals surface area contributed by atoms with Crippen molar-refractivity contribution in [2.75, 3.05) is 18.0 Å². The SMILES string of the molecule is Cc1nnc([C@H]2CN(c3nccc(C)c3Cl)C[C@@H](C)O2)o1. The highest BCUT2D eigenvalue weighted by molar-refractivity contribution is 6.33. The zero-order valence-corrected chi connectivity index (χ0v) is 13.0. The lowest BCUT2D eigenvalue weighted by atomic mass is 10.2. The molecule has 6 nitrogen and oxygen atoms in total. The molecule has 3 heterocycles. The molecule has 0 spiro atoms. The van der Waals surface area contributed by atoms with E-state index in [4.69, 9.17) is 20.8 Å². The van der Waals surface area contributed by atoms with E-state index in [1.807, 2.05) is 19.9 Å². The highest BCUT2D eigenvalue weighted by Crippen LogP contribution is 2.32. The minimum atomic E-state index is -0.270. The van der Waals surface area contributed by atoms with Crippen LogP contribution >= 0.6 is 11.6 Å². The Kier molecular flexibility index (Phi) is 3.82. The molecule has 0 amide bonds. The summed E-state index contributed by atoms with van der Waals surface area (Å²) in [5.74, 6) is 1.80. The van der Waals surface area contributed by atoms with Crippen LogP contribution in [0.5, 0.6) is 0 Å². The normalized spacial score (nSPS) is 22.6. The van der Waals surface area contributed by atoms with Gasteiger partial charge in [0.05, 0.1) is 17.7 Å². The largest absolute Gasteiger partial charge is 0.423 e. The van der Waals surface area contributed by atoms with Crippen LogP contribution in [0.15, 0.2) is 16.7 Å². The van der Waals surface area contributed by atoms with Gasteiger partial charge in [0.15, 0.2) is 6.10 Å². The number of hydrogen-bond donors (Lipinski definition) is 0. The number of nitrogens with zero attached hydrogens (tertiary/aromatic N) is 4. The molecule has 1 aliphatic heterocycles. The molecule has 0 aromatic carbocycles. The molecule has 112 valence electrons. The molecule has 3 rings (SSSR count). The summed E-state index contributed by atoms with van der Waals surface area (Å²) in [7, 11) is 0. The lowest BCUT2D eigenvalue weighted by molar-refractivity contribution is -0.0313. The average Bonchev–Trinajstić information content (AvgIpc) is 2.88. The Morgan fingerprint density at radius 1 is 1.29 bits per heavy atom. The maximum absolute atomic E-state index is 6.38. The first-order valence-electron chi connectivity index (χ1n) is 6.86. The quantitative estimate of drug-likeness (QED) is 0.850. The zero-order valence-electron chi connectivity index (χ0n) is 12.2. The first kappa shape index (κ1) is 14.3. The number of anilines is 1. The minimum absolute atomic E-state index is 0.0225. The topological polar surface area (TPSA) is 64.3 Å². The van der Waals surface area contributed by atoms with Crippen molar-refractivity contribution in [1.29, 1.82) is 0 Å². The van der Waals surface area contributed by atoms with Crippen LogP contribution in [0.1, 0.15) is 30.4 Å². The van der Waals surface area contributed by atoms with Gasteiger partial charge in [-0.2, -0.15) is 0 Å². The molecule has 2 aromatic heterocycles. The number of hydrogen-bond acceptors (Lipinski definition) is 6. The number of halogens is 1. The molecule has 1 fully saturated rings. The first-order valence-corrected chi connectivity index (χ1v) is 7.24. The molecule has 2 atom stereocenters. The summed E-state index contributed by atoms with van der Waals surface area (Å²) in [6.45, 7) is 7.05. The van der Waals surface area contributed by atoms with Crippen molar-refractivity contribution in [2.45, 2.75) is 33.0 Å². The number of aromatic nitrogens is 3. The van der Waals surface area contributed by atoms with Gasteiger partial charge >= 0.3 is 0 Å². The van der Waals surface area contributed by atoms with Gasteiger partial charge < -0.3 is 14.1 Å². The standard InChI is InChI=1S/C14H17ClN4O2/c1-8-4-5-16-13(12(8)15)19-6-9(2)20-11(7-19)14-18-17-10(3)21-14/h4-5,9,11H,6-7H2,1-3H3/t9-,11-/m1/s1. The Bertz CT molecular complexity index is 646. The van der Waals surface area contributed by atoms with E-state index in [0.29, 0.717) is 23.3 Å². The molecule has 0 N–H and O–H groups in total. The lowest BCUT2D eigenvalue weighted by Crippen LogP contribution is -2.43. The van der Waals surface area contributed by atoms with Gasteiger partial charge in [0.25, 0.3) is 0 Å². The number of aryl methyl sites for hydroxylation is 2. The van der Waals surface area contributed by atoms with Crippen molar-refractivity contribution in [3.8, 4) is 0 Å². The summed E-state index contributed by atoms with van der Waals surface area (Å²) < 4.78 is 11.4.